The molecule has 1 atom stereocenters. The SMILES string of the molecule is CCCC(CC)(CN)N(C)C(C)C. The van der Waals surface area contributed by atoms with Crippen LogP contribution in [0.3, 0.4) is 0 Å². The van der Waals surface area contributed by atoms with Crippen molar-refractivity contribution in [3.63, 3.8) is 0 Å². The highest BCUT2D eigenvalue weighted by Gasteiger charge is 2.31. The predicted molar refractivity (Wildman–Crippen MR) is 59.9 cm³/mol. The highest BCUT2D eigenvalue weighted by atomic mass is 15.2. The van der Waals surface area contributed by atoms with Crippen LogP contribution in [0, 0.1) is 0 Å². The monoisotopic (exact) mass is 186 g/mol. The summed E-state index contributed by atoms with van der Waals surface area (Å²) in [6, 6.07) is 0.579. The molecule has 2 heteroatoms. The minimum Gasteiger partial charge on any atom is -0.329 e. The molecular weight excluding hydrogens is 160 g/mol. The van der Waals surface area contributed by atoms with Crippen LogP contribution in [-0.4, -0.2) is 30.1 Å². The fourth-order valence-electron chi connectivity index (χ4n) is 2.01. The van der Waals surface area contributed by atoms with E-state index in [1.807, 2.05) is 0 Å². The third-order valence-corrected chi connectivity index (χ3v) is 3.28. The van der Waals surface area contributed by atoms with E-state index < -0.39 is 0 Å². The highest BCUT2D eigenvalue weighted by Crippen LogP contribution is 2.24. The summed E-state index contributed by atoms with van der Waals surface area (Å²) in [7, 11) is 2.19. The average Bonchev–Trinajstić information content (AvgIpc) is 2.13. The Kier molecular flexibility index (Phi) is 5.57. The molecule has 0 aliphatic heterocycles. The van der Waals surface area contributed by atoms with Crippen LogP contribution in [0.25, 0.3) is 0 Å². The first kappa shape index (κ1) is 12.9. The van der Waals surface area contributed by atoms with E-state index in [1.54, 1.807) is 0 Å². The zero-order chi connectivity index (χ0) is 10.5. The fourth-order valence-corrected chi connectivity index (χ4v) is 2.01. The second-order valence-electron chi connectivity index (χ2n) is 4.24. The number of hydrogen-bond donors (Lipinski definition) is 1. The van der Waals surface area contributed by atoms with Gasteiger partial charge in [0.05, 0.1) is 0 Å². The van der Waals surface area contributed by atoms with Crippen molar-refractivity contribution < 1.29 is 0 Å². The van der Waals surface area contributed by atoms with Gasteiger partial charge in [0.15, 0.2) is 0 Å². The lowest BCUT2D eigenvalue weighted by molar-refractivity contribution is 0.0784. The molecule has 2 nitrogen and oxygen atoms in total. The summed E-state index contributed by atoms with van der Waals surface area (Å²) in [5.74, 6) is 0. The summed E-state index contributed by atoms with van der Waals surface area (Å²) in [5, 5.41) is 0. The topological polar surface area (TPSA) is 29.3 Å². The Morgan fingerprint density at radius 2 is 1.85 bits per heavy atom. The van der Waals surface area contributed by atoms with Crippen molar-refractivity contribution in [2.45, 2.75) is 58.5 Å². The van der Waals surface area contributed by atoms with Gasteiger partial charge in [-0.2, -0.15) is 0 Å². The molecule has 2 N–H and O–H groups in total. The van der Waals surface area contributed by atoms with E-state index in [1.165, 1.54) is 12.8 Å². The molecule has 0 fully saturated rings. The van der Waals surface area contributed by atoms with Crippen LogP contribution in [0.5, 0.6) is 0 Å². The van der Waals surface area contributed by atoms with Crippen LogP contribution in [0.4, 0.5) is 0 Å². The number of rotatable bonds is 6. The van der Waals surface area contributed by atoms with Crippen LogP contribution >= 0.6 is 0 Å². The van der Waals surface area contributed by atoms with Gasteiger partial charge < -0.3 is 5.73 Å². The lowest BCUT2D eigenvalue weighted by atomic mass is 9.88. The van der Waals surface area contributed by atoms with Crippen LogP contribution < -0.4 is 5.73 Å². The molecule has 0 radical (unpaired) electrons. The molecule has 13 heavy (non-hydrogen) atoms. The van der Waals surface area contributed by atoms with Crippen LogP contribution in [0.15, 0.2) is 0 Å². The molecule has 0 spiro atoms. The highest BCUT2D eigenvalue weighted by molar-refractivity contribution is 4.90. The summed E-state index contributed by atoms with van der Waals surface area (Å²) in [4.78, 5) is 2.43. The van der Waals surface area contributed by atoms with E-state index in [9.17, 15) is 0 Å². The van der Waals surface area contributed by atoms with Gasteiger partial charge in [0.25, 0.3) is 0 Å². The molecule has 0 aromatic carbocycles. The van der Waals surface area contributed by atoms with Gasteiger partial charge in [-0.1, -0.05) is 20.3 Å². The molecule has 1 unspecified atom stereocenters. The minimum atomic E-state index is 0.225. The Balaban J connectivity index is 4.53. The van der Waals surface area contributed by atoms with Gasteiger partial charge in [-0.3, -0.25) is 4.90 Å². The standard InChI is InChI=1S/C11H26N2/c1-6-8-11(7-2,9-12)13(5)10(3)4/h10H,6-9,12H2,1-5H3. The summed E-state index contributed by atoms with van der Waals surface area (Å²) in [6.45, 7) is 9.70. The molecule has 0 aromatic rings. The Morgan fingerprint density at radius 3 is 2.08 bits per heavy atom. The average molecular weight is 186 g/mol. The van der Waals surface area contributed by atoms with Gasteiger partial charge >= 0.3 is 0 Å². The lowest BCUT2D eigenvalue weighted by Gasteiger charge is -2.43. The molecule has 0 aromatic heterocycles. The molecular formula is C11H26N2. The van der Waals surface area contributed by atoms with Gasteiger partial charge in [-0.25, -0.2) is 0 Å². The number of nitrogens with zero attached hydrogens (tertiary/aromatic N) is 1. The van der Waals surface area contributed by atoms with E-state index in [4.69, 9.17) is 5.73 Å². The first-order chi connectivity index (χ1) is 6.04. The maximum Gasteiger partial charge on any atom is 0.0328 e. The van der Waals surface area contributed by atoms with Gasteiger partial charge in [-0.15, -0.1) is 0 Å². The van der Waals surface area contributed by atoms with Crippen molar-refractivity contribution in [2.75, 3.05) is 13.6 Å². The Bertz CT molecular complexity index is 128. The summed E-state index contributed by atoms with van der Waals surface area (Å²) in [6.07, 6.45) is 3.56. The zero-order valence-corrected chi connectivity index (χ0v) is 9.93. The third-order valence-electron chi connectivity index (χ3n) is 3.28. The molecule has 0 aliphatic carbocycles. The van der Waals surface area contributed by atoms with Crippen LogP contribution in [0.1, 0.15) is 47.0 Å². The van der Waals surface area contributed by atoms with Crippen LogP contribution in [-0.2, 0) is 0 Å². The Labute approximate surface area is 83.5 Å². The van der Waals surface area contributed by atoms with Crippen molar-refractivity contribution in [3.8, 4) is 0 Å². The largest absolute Gasteiger partial charge is 0.329 e. The number of likely N-dealkylation sites (N-methyl/N-ethyl adjacent to an activating group) is 1. The third kappa shape index (κ3) is 2.96. The minimum absolute atomic E-state index is 0.225. The Morgan fingerprint density at radius 1 is 1.31 bits per heavy atom. The smallest absolute Gasteiger partial charge is 0.0328 e. The van der Waals surface area contributed by atoms with Gasteiger partial charge in [-0.05, 0) is 33.7 Å². The normalized spacial score (nSPS) is 16.6. The first-order valence-electron chi connectivity index (χ1n) is 5.47. The molecule has 0 rings (SSSR count). The second kappa shape index (κ2) is 5.61. The van der Waals surface area contributed by atoms with E-state index in [0.29, 0.717) is 6.04 Å². The Hall–Kier alpha value is -0.0800. The van der Waals surface area contributed by atoms with Crippen LogP contribution in [0.2, 0.25) is 0 Å². The van der Waals surface area contributed by atoms with Gasteiger partial charge in [0.1, 0.15) is 0 Å². The summed E-state index contributed by atoms with van der Waals surface area (Å²) in [5.41, 5.74) is 6.13. The van der Waals surface area contributed by atoms with E-state index in [-0.39, 0.29) is 5.54 Å². The molecule has 0 amide bonds. The lowest BCUT2D eigenvalue weighted by Crippen LogP contribution is -2.54. The van der Waals surface area contributed by atoms with Crippen molar-refractivity contribution in [1.82, 2.24) is 4.90 Å². The maximum atomic E-state index is 5.90. The van der Waals surface area contributed by atoms with E-state index in [0.717, 1.165) is 13.0 Å². The molecule has 0 saturated carbocycles. The summed E-state index contributed by atoms with van der Waals surface area (Å²) >= 11 is 0. The molecule has 0 heterocycles. The number of nitrogens with two attached hydrogens (primary N) is 1. The van der Waals surface area contributed by atoms with E-state index >= 15 is 0 Å². The quantitative estimate of drug-likeness (QED) is 0.689. The number of hydrogen-bond acceptors (Lipinski definition) is 2. The van der Waals surface area contributed by atoms with E-state index in [2.05, 4.69) is 39.6 Å². The maximum absolute atomic E-state index is 5.90. The molecule has 0 aliphatic rings. The summed E-state index contributed by atoms with van der Waals surface area (Å²) < 4.78 is 0. The second-order valence-corrected chi connectivity index (χ2v) is 4.24. The van der Waals surface area contributed by atoms with Gasteiger partial charge in [0.2, 0.25) is 0 Å². The van der Waals surface area contributed by atoms with Crippen molar-refractivity contribution in [1.29, 1.82) is 0 Å². The molecule has 0 bridgehead atoms. The van der Waals surface area contributed by atoms with Gasteiger partial charge in [0, 0.05) is 18.1 Å². The predicted octanol–water partition coefficient (Wildman–Crippen LogP) is 2.23. The fraction of sp³-hybridized carbons (Fsp3) is 1.00. The first-order valence-corrected chi connectivity index (χ1v) is 5.47. The van der Waals surface area contributed by atoms with Crippen molar-refractivity contribution >= 4 is 0 Å². The molecule has 80 valence electrons. The van der Waals surface area contributed by atoms with Crippen molar-refractivity contribution in [3.05, 3.63) is 0 Å². The zero-order valence-electron chi connectivity index (χ0n) is 9.93. The van der Waals surface area contributed by atoms with Crippen molar-refractivity contribution in [2.24, 2.45) is 5.73 Å². The molecule has 0 saturated heterocycles.